The van der Waals surface area contributed by atoms with Gasteiger partial charge in [0.15, 0.2) is 0 Å². The monoisotopic (exact) mass is 375 g/mol. The first-order valence-electron chi connectivity index (χ1n) is 7.14. The Hall–Kier alpha value is -0.590. The fourth-order valence-corrected chi connectivity index (χ4v) is 3.99. The molecule has 1 saturated heterocycles. The number of nitrogens with zero attached hydrogens (tertiary/aromatic N) is 1. The number of thiophene rings is 1. The Bertz CT molecular complexity index is 497. The topological polar surface area (TPSA) is 49.8 Å². The Labute approximate surface area is 138 Å². The predicted molar refractivity (Wildman–Crippen MR) is 87.6 cm³/mol. The van der Waals surface area contributed by atoms with Crippen LogP contribution in [0.5, 0.6) is 0 Å². The second-order valence-electron chi connectivity index (χ2n) is 6.44. The Kier molecular flexibility index (Phi) is 5.33. The van der Waals surface area contributed by atoms with E-state index in [4.69, 9.17) is 4.74 Å². The molecule has 0 aliphatic carbocycles. The van der Waals surface area contributed by atoms with E-state index in [2.05, 4.69) is 15.9 Å². The van der Waals surface area contributed by atoms with Crippen molar-refractivity contribution in [3.8, 4) is 0 Å². The first-order valence-corrected chi connectivity index (χ1v) is 8.81. The van der Waals surface area contributed by atoms with Gasteiger partial charge in [-0.1, -0.05) is 0 Å². The third-order valence-corrected chi connectivity index (χ3v) is 5.45. The minimum Gasteiger partial charge on any atom is -0.444 e. The lowest BCUT2D eigenvalue weighted by Gasteiger charge is -2.25. The zero-order chi connectivity index (χ0) is 15.6. The van der Waals surface area contributed by atoms with Crippen molar-refractivity contribution in [3.05, 3.63) is 20.8 Å². The summed E-state index contributed by atoms with van der Waals surface area (Å²) in [4.78, 5) is 14.9. The highest BCUT2D eigenvalue weighted by Crippen LogP contribution is 2.28. The molecule has 6 heteroatoms. The lowest BCUT2D eigenvalue weighted by Crippen LogP contribution is -2.36. The molecule has 1 N–H and O–H groups in total. The second kappa shape index (κ2) is 6.67. The van der Waals surface area contributed by atoms with E-state index in [1.807, 2.05) is 32.2 Å². The molecule has 118 valence electrons. The normalized spacial score (nSPS) is 20.6. The smallest absolute Gasteiger partial charge is 0.410 e. The number of halogens is 1. The standard InChI is InChI=1S/C15H22BrNO3S/c1-15(2,3)20-14(19)17-6-4-10(9-17)12(18)8-13-11(16)5-7-21-13/h5,7,10,12,18H,4,6,8-9H2,1-3H3. The molecule has 0 radical (unpaired) electrons. The number of carbonyl (C=O) groups excluding carboxylic acids is 1. The van der Waals surface area contributed by atoms with E-state index in [1.54, 1.807) is 16.2 Å². The van der Waals surface area contributed by atoms with Crippen LogP contribution in [0.1, 0.15) is 32.1 Å². The van der Waals surface area contributed by atoms with Gasteiger partial charge < -0.3 is 14.7 Å². The lowest BCUT2D eigenvalue weighted by molar-refractivity contribution is 0.0269. The molecule has 0 spiro atoms. The third kappa shape index (κ3) is 4.69. The molecule has 1 amide bonds. The van der Waals surface area contributed by atoms with Crippen LogP contribution in [0.25, 0.3) is 0 Å². The second-order valence-corrected chi connectivity index (χ2v) is 8.29. The van der Waals surface area contributed by atoms with Gasteiger partial charge in [-0.05, 0) is 54.6 Å². The van der Waals surface area contributed by atoms with Crippen LogP contribution in [0, 0.1) is 5.92 Å². The molecule has 1 aromatic heterocycles. The van der Waals surface area contributed by atoms with E-state index in [1.165, 1.54) is 0 Å². The van der Waals surface area contributed by atoms with Gasteiger partial charge in [-0.2, -0.15) is 0 Å². The first-order chi connectivity index (χ1) is 9.76. The van der Waals surface area contributed by atoms with Gasteiger partial charge in [0.05, 0.1) is 6.10 Å². The number of amides is 1. The number of rotatable bonds is 3. The molecule has 1 fully saturated rings. The van der Waals surface area contributed by atoms with Gasteiger partial charge >= 0.3 is 6.09 Å². The van der Waals surface area contributed by atoms with E-state index in [9.17, 15) is 9.90 Å². The van der Waals surface area contributed by atoms with Crippen molar-refractivity contribution in [2.75, 3.05) is 13.1 Å². The van der Waals surface area contributed by atoms with E-state index in [0.29, 0.717) is 19.5 Å². The molecule has 2 rings (SSSR count). The van der Waals surface area contributed by atoms with Crippen molar-refractivity contribution in [1.82, 2.24) is 4.90 Å². The molecule has 21 heavy (non-hydrogen) atoms. The maximum absolute atomic E-state index is 12.0. The molecule has 0 bridgehead atoms. The maximum atomic E-state index is 12.0. The number of hydrogen-bond donors (Lipinski definition) is 1. The van der Waals surface area contributed by atoms with Crippen LogP contribution in [-0.2, 0) is 11.2 Å². The van der Waals surface area contributed by atoms with E-state index < -0.39 is 11.7 Å². The van der Waals surface area contributed by atoms with Crippen molar-refractivity contribution in [1.29, 1.82) is 0 Å². The van der Waals surface area contributed by atoms with Gasteiger partial charge in [0, 0.05) is 34.8 Å². The molecule has 2 unspecified atom stereocenters. The summed E-state index contributed by atoms with van der Waals surface area (Å²) in [5.41, 5.74) is -0.477. The molecule has 4 nitrogen and oxygen atoms in total. The van der Waals surface area contributed by atoms with Crippen molar-refractivity contribution in [3.63, 3.8) is 0 Å². The molecule has 0 aromatic carbocycles. The van der Waals surface area contributed by atoms with Gasteiger partial charge in [0.2, 0.25) is 0 Å². The largest absolute Gasteiger partial charge is 0.444 e. The summed E-state index contributed by atoms with van der Waals surface area (Å²) >= 11 is 5.13. The average molecular weight is 376 g/mol. The Morgan fingerprint density at radius 2 is 2.33 bits per heavy atom. The Balaban J connectivity index is 1.87. The number of hydrogen-bond acceptors (Lipinski definition) is 4. The van der Waals surface area contributed by atoms with Crippen LogP contribution in [0.3, 0.4) is 0 Å². The van der Waals surface area contributed by atoms with Crippen LogP contribution < -0.4 is 0 Å². The number of likely N-dealkylation sites (tertiary alicyclic amines) is 1. The molecule has 2 atom stereocenters. The maximum Gasteiger partial charge on any atom is 0.410 e. The fraction of sp³-hybridized carbons (Fsp3) is 0.667. The number of aliphatic hydroxyl groups is 1. The van der Waals surface area contributed by atoms with Crippen LogP contribution in [0.4, 0.5) is 4.79 Å². The molecule has 2 heterocycles. The summed E-state index contributed by atoms with van der Waals surface area (Å²) in [5, 5.41) is 12.4. The average Bonchev–Trinajstić information content (AvgIpc) is 2.97. The van der Waals surface area contributed by atoms with Gasteiger partial charge in [-0.15, -0.1) is 11.3 Å². The summed E-state index contributed by atoms with van der Waals surface area (Å²) in [5.74, 6) is 0.117. The Morgan fingerprint density at radius 1 is 1.62 bits per heavy atom. The van der Waals surface area contributed by atoms with E-state index >= 15 is 0 Å². The van der Waals surface area contributed by atoms with Crippen molar-refractivity contribution < 1.29 is 14.6 Å². The summed E-state index contributed by atoms with van der Waals surface area (Å²) in [6, 6.07) is 1.99. The van der Waals surface area contributed by atoms with Gasteiger partial charge in [-0.25, -0.2) is 4.79 Å². The Morgan fingerprint density at radius 3 is 2.90 bits per heavy atom. The fourth-order valence-electron chi connectivity index (χ4n) is 2.42. The number of carbonyl (C=O) groups is 1. The molecule has 0 saturated carbocycles. The lowest BCUT2D eigenvalue weighted by atomic mass is 9.98. The molecular weight excluding hydrogens is 354 g/mol. The van der Waals surface area contributed by atoms with Gasteiger partial charge in [-0.3, -0.25) is 0 Å². The van der Waals surface area contributed by atoms with Crippen LogP contribution in [0.2, 0.25) is 0 Å². The van der Waals surface area contributed by atoms with Gasteiger partial charge in [0.1, 0.15) is 5.60 Å². The quantitative estimate of drug-likeness (QED) is 0.876. The van der Waals surface area contributed by atoms with Crippen molar-refractivity contribution in [2.45, 2.75) is 45.3 Å². The number of aliphatic hydroxyl groups excluding tert-OH is 1. The van der Waals surface area contributed by atoms with Crippen molar-refractivity contribution >= 4 is 33.4 Å². The highest BCUT2D eigenvalue weighted by molar-refractivity contribution is 9.10. The minimum absolute atomic E-state index is 0.117. The highest BCUT2D eigenvalue weighted by Gasteiger charge is 2.33. The summed E-state index contributed by atoms with van der Waals surface area (Å²) in [6.45, 7) is 6.81. The summed E-state index contributed by atoms with van der Waals surface area (Å²) in [7, 11) is 0. The zero-order valence-electron chi connectivity index (χ0n) is 12.6. The van der Waals surface area contributed by atoms with Gasteiger partial charge in [0.25, 0.3) is 0 Å². The summed E-state index contributed by atoms with van der Waals surface area (Å²) in [6.07, 6.45) is 0.746. The van der Waals surface area contributed by atoms with E-state index in [-0.39, 0.29) is 12.0 Å². The first kappa shape index (κ1) is 16.8. The van der Waals surface area contributed by atoms with Crippen LogP contribution in [0.15, 0.2) is 15.9 Å². The summed E-state index contributed by atoms with van der Waals surface area (Å²) < 4.78 is 6.42. The van der Waals surface area contributed by atoms with Crippen LogP contribution in [-0.4, -0.2) is 40.9 Å². The van der Waals surface area contributed by atoms with E-state index in [0.717, 1.165) is 15.8 Å². The molecular formula is C15H22BrNO3S. The molecule has 1 aromatic rings. The molecule has 1 aliphatic rings. The number of ether oxygens (including phenoxy) is 1. The predicted octanol–water partition coefficient (Wildman–Crippen LogP) is 3.67. The van der Waals surface area contributed by atoms with Crippen molar-refractivity contribution in [2.24, 2.45) is 5.92 Å². The highest BCUT2D eigenvalue weighted by atomic mass is 79.9. The zero-order valence-corrected chi connectivity index (χ0v) is 15.0. The molecule has 1 aliphatic heterocycles. The van der Waals surface area contributed by atoms with Crippen LogP contribution >= 0.6 is 27.3 Å². The third-order valence-electron chi connectivity index (χ3n) is 3.51. The minimum atomic E-state index is -0.477. The SMILES string of the molecule is CC(C)(C)OC(=O)N1CCC(C(O)Cc2sccc2Br)C1.